The Kier molecular flexibility index (Phi) is 7.02. The molecule has 1 aliphatic rings. The number of benzene rings is 2. The van der Waals surface area contributed by atoms with Crippen LogP contribution in [0.1, 0.15) is 60.5 Å². The molecular formula is C24H29FN2O2. The van der Waals surface area contributed by atoms with E-state index in [1.165, 1.54) is 17.7 Å². The molecule has 1 saturated heterocycles. The second-order valence-electron chi connectivity index (χ2n) is 8.01. The van der Waals surface area contributed by atoms with Gasteiger partial charge in [-0.2, -0.15) is 0 Å². The maximum Gasteiger partial charge on any atom is 0.256 e. The van der Waals surface area contributed by atoms with Crippen LogP contribution in [0.5, 0.6) is 0 Å². The molecule has 2 aromatic rings. The summed E-state index contributed by atoms with van der Waals surface area (Å²) in [6, 6.07) is 14.6. The molecular weight excluding hydrogens is 367 g/mol. The van der Waals surface area contributed by atoms with Crippen molar-refractivity contribution in [3.63, 3.8) is 0 Å². The lowest BCUT2D eigenvalue weighted by Gasteiger charge is -2.32. The number of piperidine rings is 1. The molecule has 2 aromatic carbocycles. The molecule has 0 aliphatic carbocycles. The van der Waals surface area contributed by atoms with Gasteiger partial charge in [-0.05, 0) is 48.4 Å². The molecule has 4 nitrogen and oxygen atoms in total. The number of hydrogen-bond acceptors (Lipinski definition) is 2. The number of carbonyl (C=O) groups excluding carboxylic acids is 2. The summed E-state index contributed by atoms with van der Waals surface area (Å²) < 4.78 is 13.8. The fraction of sp³-hybridized carbons (Fsp3) is 0.417. The third-order valence-electron chi connectivity index (χ3n) is 5.54. The van der Waals surface area contributed by atoms with Crippen LogP contribution in [-0.2, 0) is 11.2 Å². The van der Waals surface area contributed by atoms with E-state index < -0.39 is 5.82 Å². The van der Waals surface area contributed by atoms with Crippen molar-refractivity contribution in [1.82, 2.24) is 10.2 Å². The van der Waals surface area contributed by atoms with E-state index in [2.05, 4.69) is 43.4 Å². The van der Waals surface area contributed by atoms with Crippen LogP contribution in [0.4, 0.5) is 4.39 Å². The van der Waals surface area contributed by atoms with Gasteiger partial charge >= 0.3 is 0 Å². The number of hydrogen-bond donors (Lipinski definition) is 1. The van der Waals surface area contributed by atoms with Crippen LogP contribution in [0.3, 0.4) is 0 Å². The zero-order valence-corrected chi connectivity index (χ0v) is 17.2. The minimum atomic E-state index is -0.491. The van der Waals surface area contributed by atoms with Crippen molar-refractivity contribution in [1.29, 1.82) is 0 Å². The van der Waals surface area contributed by atoms with Crippen LogP contribution in [0.25, 0.3) is 0 Å². The summed E-state index contributed by atoms with van der Waals surface area (Å²) in [6.07, 6.45) is 2.55. The van der Waals surface area contributed by atoms with Crippen LogP contribution in [-0.4, -0.2) is 35.8 Å². The maximum absolute atomic E-state index is 13.8. The summed E-state index contributed by atoms with van der Waals surface area (Å²) in [7, 11) is 0. The van der Waals surface area contributed by atoms with Crippen molar-refractivity contribution in [2.45, 2.75) is 51.5 Å². The predicted molar refractivity (Wildman–Crippen MR) is 112 cm³/mol. The molecule has 29 heavy (non-hydrogen) atoms. The van der Waals surface area contributed by atoms with E-state index in [0.29, 0.717) is 38.3 Å². The van der Waals surface area contributed by atoms with Gasteiger partial charge in [0.05, 0.1) is 5.56 Å². The largest absolute Gasteiger partial charge is 0.353 e. The molecule has 0 bridgehead atoms. The Balaban J connectivity index is 1.42. The van der Waals surface area contributed by atoms with Gasteiger partial charge in [0.2, 0.25) is 5.91 Å². The van der Waals surface area contributed by atoms with Gasteiger partial charge in [0.25, 0.3) is 5.91 Å². The Morgan fingerprint density at radius 1 is 1.07 bits per heavy atom. The molecule has 1 N–H and O–H groups in total. The molecule has 0 saturated carbocycles. The predicted octanol–water partition coefficient (Wildman–Crippen LogP) is 4.30. The van der Waals surface area contributed by atoms with Crippen molar-refractivity contribution >= 4 is 11.8 Å². The van der Waals surface area contributed by atoms with Gasteiger partial charge in [0.1, 0.15) is 5.82 Å². The van der Waals surface area contributed by atoms with Gasteiger partial charge in [-0.1, -0.05) is 50.2 Å². The Hall–Kier alpha value is -2.69. The summed E-state index contributed by atoms with van der Waals surface area (Å²) >= 11 is 0. The molecule has 0 atom stereocenters. The van der Waals surface area contributed by atoms with Crippen LogP contribution < -0.4 is 5.32 Å². The first kappa shape index (κ1) is 21.0. The highest BCUT2D eigenvalue weighted by Crippen LogP contribution is 2.17. The van der Waals surface area contributed by atoms with E-state index in [1.807, 2.05) is 0 Å². The summed E-state index contributed by atoms with van der Waals surface area (Å²) in [5, 5.41) is 3.08. The van der Waals surface area contributed by atoms with E-state index in [0.717, 1.165) is 12.0 Å². The number of nitrogens with zero attached hydrogens (tertiary/aromatic N) is 1. The van der Waals surface area contributed by atoms with E-state index in [1.54, 1.807) is 17.0 Å². The summed E-state index contributed by atoms with van der Waals surface area (Å²) in [6.45, 7) is 5.37. The van der Waals surface area contributed by atoms with Gasteiger partial charge in [0.15, 0.2) is 0 Å². The molecule has 3 rings (SSSR count). The second kappa shape index (κ2) is 9.68. The summed E-state index contributed by atoms with van der Waals surface area (Å²) in [5.41, 5.74) is 2.57. The van der Waals surface area contributed by atoms with E-state index in [-0.39, 0.29) is 23.4 Å². The average molecular weight is 397 g/mol. The van der Waals surface area contributed by atoms with Gasteiger partial charge < -0.3 is 10.2 Å². The fourth-order valence-corrected chi connectivity index (χ4v) is 3.66. The highest BCUT2D eigenvalue weighted by molar-refractivity contribution is 5.94. The number of carbonyl (C=O) groups is 2. The standard InChI is InChI=1S/C24H29FN2O2/c1-17(2)19-10-7-18(8-11-19)9-12-23(28)26-20-13-15-27(16-14-20)24(29)21-5-3-4-6-22(21)25/h3-8,10-11,17,20H,9,12-16H2,1-2H3,(H,26,28). The monoisotopic (exact) mass is 396 g/mol. The number of halogens is 1. The fourth-order valence-electron chi connectivity index (χ4n) is 3.66. The molecule has 1 heterocycles. The lowest BCUT2D eigenvalue weighted by molar-refractivity contribution is -0.122. The summed E-state index contributed by atoms with van der Waals surface area (Å²) in [5.74, 6) is -0.229. The molecule has 0 unspecified atom stereocenters. The van der Waals surface area contributed by atoms with E-state index in [4.69, 9.17) is 0 Å². The SMILES string of the molecule is CC(C)c1ccc(CCC(=O)NC2CCN(C(=O)c3ccccc3F)CC2)cc1. The lowest BCUT2D eigenvalue weighted by Crippen LogP contribution is -2.46. The average Bonchev–Trinajstić information content (AvgIpc) is 2.73. The van der Waals surface area contributed by atoms with Crippen LogP contribution in [0, 0.1) is 5.82 Å². The number of aryl methyl sites for hydroxylation is 1. The Bertz CT molecular complexity index is 840. The minimum absolute atomic E-state index is 0.0387. The molecule has 0 spiro atoms. The van der Waals surface area contributed by atoms with Crippen molar-refractivity contribution in [2.75, 3.05) is 13.1 Å². The second-order valence-corrected chi connectivity index (χ2v) is 8.01. The molecule has 1 aliphatic heterocycles. The molecule has 2 amide bonds. The Labute approximate surface area is 172 Å². The zero-order valence-electron chi connectivity index (χ0n) is 17.2. The highest BCUT2D eigenvalue weighted by atomic mass is 19.1. The molecule has 0 aromatic heterocycles. The van der Waals surface area contributed by atoms with E-state index in [9.17, 15) is 14.0 Å². The lowest BCUT2D eigenvalue weighted by atomic mass is 10.00. The summed E-state index contributed by atoms with van der Waals surface area (Å²) in [4.78, 5) is 26.4. The molecule has 154 valence electrons. The van der Waals surface area contributed by atoms with Crippen LogP contribution in [0.15, 0.2) is 48.5 Å². The Morgan fingerprint density at radius 3 is 2.34 bits per heavy atom. The molecule has 5 heteroatoms. The van der Waals surface area contributed by atoms with Crippen molar-refractivity contribution in [2.24, 2.45) is 0 Å². The molecule has 1 fully saturated rings. The number of rotatable bonds is 6. The maximum atomic E-state index is 13.8. The smallest absolute Gasteiger partial charge is 0.256 e. The zero-order chi connectivity index (χ0) is 20.8. The minimum Gasteiger partial charge on any atom is -0.353 e. The normalized spacial score (nSPS) is 14.8. The third kappa shape index (κ3) is 5.66. The Morgan fingerprint density at radius 2 is 1.72 bits per heavy atom. The van der Waals surface area contributed by atoms with Gasteiger partial charge in [-0.3, -0.25) is 9.59 Å². The third-order valence-corrected chi connectivity index (χ3v) is 5.54. The first-order valence-corrected chi connectivity index (χ1v) is 10.4. The van der Waals surface area contributed by atoms with Crippen LogP contribution in [0.2, 0.25) is 0 Å². The highest BCUT2D eigenvalue weighted by Gasteiger charge is 2.25. The first-order chi connectivity index (χ1) is 13.9. The quantitative estimate of drug-likeness (QED) is 0.791. The van der Waals surface area contributed by atoms with Crippen molar-refractivity contribution in [3.05, 3.63) is 71.0 Å². The van der Waals surface area contributed by atoms with Crippen LogP contribution >= 0.6 is 0 Å². The topological polar surface area (TPSA) is 49.4 Å². The first-order valence-electron chi connectivity index (χ1n) is 10.4. The van der Waals surface area contributed by atoms with E-state index >= 15 is 0 Å². The molecule has 0 radical (unpaired) electrons. The van der Waals surface area contributed by atoms with Gasteiger partial charge in [0, 0.05) is 25.6 Å². The number of likely N-dealkylation sites (tertiary alicyclic amines) is 1. The van der Waals surface area contributed by atoms with Gasteiger partial charge in [-0.25, -0.2) is 4.39 Å². The van der Waals surface area contributed by atoms with Crippen molar-refractivity contribution in [3.8, 4) is 0 Å². The van der Waals surface area contributed by atoms with Gasteiger partial charge in [-0.15, -0.1) is 0 Å². The van der Waals surface area contributed by atoms with Crippen molar-refractivity contribution < 1.29 is 14.0 Å². The number of nitrogens with one attached hydrogen (secondary N) is 1. The number of amides is 2.